The van der Waals surface area contributed by atoms with Gasteiger partial charge in [0.15, 0.2) is 0 Å². The van der Waals surface area contributed by atoms with Gasteiger partial charge in [-0.25, -0.2) is 4.79 Å². The fourth-order valence-corrected chi connectivity index (χ4v) is 1.72. The summed E-state index contributed by atoms with van der Waals surface area (Å²) in [7, 11) is 0. The maximum absolute atomic E-state index is 12.1. The number of rotatable bonds is 9. The molecule has 0 aromatic heterocycles. The lowest BCUT2D eigenvalue weighted by Gasteiger charge is -2.23. The molecule has 0 aromatic rings. The molecular formula is C15H31N3O3. The number of nitrogens with two attached hydrogens (primary N) is 1. The summed E-state index contributed by atoms with van der Waals surface area (Å²) in [6.45, 7) is 8.63. The van der Waals surface area contributed by atoms with E-state index in [4.69, 9.17) is 10.5 Å². The van der Waals surface area contributed by atoms with Crippen molar-refractivity contribution in [1.29, 1.82) is 0 Å². The molecule has 0 rings (SSSR count). The summed E-state index contributed by atoms with van der Waals surface area (Å²) in [5.74, 6) is -0.161. The average molecular weight is 301 g/mol. The lowest BCUT2D eigenvalue weighted by atomic mass is 10.1. The van der Waals surface area contributed by atoms with Crippen LogP contribution in [0, 0.1) is 0 Å². The van der Waals surface area contributed by atoms with Gasteiger partial charge in [-0.05, 0) is 53.0 Å². The van der Waals surface area contributed by atoms with Crippen LogP contribution in [0.1, 0.15) is 59.8 Å². The van der Waals surface area contributed by atoms with Crippen molar-refractivity contribution in [2.45, 2.75) is 71.4 Å². The molecule has 1 unspecified atom stereocenters. The fraction of sp³-hybridized carbons (Fsp3) is 0.867. The van der Waals surface area contributed by atoms with Gasteiger partial charge in [0.05, 0.1) is 0 Å². The molecule has 6 heteroatoms. The molecule has 2 amide bonds. The third kappa shape index (κ3) is 11.1. The van der Waals surface area contributed by atoms with E-state index >= 15 is 0 Å². The van der Waals surface area contributed by atoms with Crippen LogP contribution in [0.15, 0.2) is 0 Å². The van der Waals surface area contributed by atoms with E-state index in [1.54, 1.807) is 20.8 Å². The standard InChI is InChI=1S/C15H31N3O3/c1-5-6-11-17-13(19)12(9-7-8-10-16)18-14(20)21-15(2,3)4/h12H,5-11,16H2,1-4H3,(H,17,19)(H,18,20). The number of carbonyl (C=O) groups excluding carboxylic acids is 2. The van der Waals surface area contributed by atoms with Crippen LogP contribution in [-0.4, -0.2) is 36.7 Å². The molecule has 0 aliphatic heterocycles. The number of amides is 2. The van der Waals surface area contributed by atoms with E-state index in [9.17, 15) is 9.59 Å². The monoisotopic (exact) mass is 301 g/mol. The van der Waals surface area contributed by atoms with Gasteiger partial charge in [0.2, 0.25) is 5.91 Å². The van der Waals surface area contributed by atoms with Gasteiger partial charge in [-0.15, -0.1) is 0 Å². The summed E-state index contributed by atoms with van der Waals surface area (Å²) in [6.07, 6.45) is 3.55. The van der Waals surface area contributed by atoms with Crippen molar-refractivity contribution in [1.82, 2.24) is 10.6 Å². The van der Waals surface area contributed by atoms with E-state index in [-0.39, 0.29) is 5.91 Å². The first kappa shape index (κ1) is 19.7. The summed E-state index contributed by atoms with van der Waals surface area (Å²) >= 11 is 0. The van der Waals surface area contributed by atoms with Crippen molar-refractivity contribution < 1.29 is 14.3 Å². The summed E-state index contributed by atoms with van der Waals surface area (Å²) in [5.41, 5.74) is 4.88. The Balaban J connectivity index is 4.43. The van der Waals surface area contributed by atoms with Crippen LogP contribution in [0.3, 0.4) is 0 Å². The van der Waals surface area contributed by atoms with Crippen LogP contribution < -0.4 is 16.4 Å². The van der Waals surface area contributed by atoms with Crippen molar-refractivity contribution in [3.8, 4) is 0 Å². The summed E-state index contributed by atoms with van der Waals surface area (Å²) < 4.78 is 5.20. The smallest absolute Gasteiger partial charge is 0.408 e. The zero-order chi connectivity index (χ0) is 16.3. The molecule has 0 bridgehead atoms. The SMILES string of the molecule is CCCCNC(=O)C(CCCCN)NC(=O)OC(C)(C)C. The number of carbonyl (C=O) groups is 2. The van der Waals surface area contributed by atoms with Gasteiger partial charge in [-0.1, -0.05) is 13.3 Å². The van der Waals surface area contributed by atoms with Gasteiger partial charge in [-0.3, -0.25) is 4.79 Å². The van der Waals surface area contributed by atoms with Crippen LogP contribution in [0.5, 0.6) is 0 Å². The van der Waals surface area contributed by atoms with Gasteiger partial charge in [0.25, 0.3) is 0 Å². The van der Waals surface area contributed by atoms with E-state index < -0.39 is 17.7 Å². The minimum absolute atomic E-state index is 0.161. The Kier molecular flexibility index (Phi) is 9.78. The summed E-state index contributed by atoms with van der Waals surface area (Å²) in [4.78, 5) is 23.9. The fourth-order valence-electron chi connectivity index (χ4n) is 1.72. The van der Waals surface area contributed by atoms with Crippen molar-refractivity contribution in [2.75, 3.05) is 13.1 Å². The molecule has 124 valence electrons. The Morgan fingerprint density at radius 1 is 1.19 bits per heavy atom. The molecular weight excluding hydrogens is 270 g/mol. The number of hydrogen-bond acceptors (Lipinski definition) is 4. The van der Waals surface area contributed by atoms with Crippen LogP contribution in [0.25, 0.3) is 0 Å². The number of ether oxygens (including phenoxy) is 1. The summed E-state index contributed by atoms with van der Waals surface area (Å²) in [5, 5.41) is 5.48. The first-order valence-electron chi connectivity index (χ1n) is 7.77. The molecule has 0 fully saturated rings. The van der Waals surface area contributed by atoms with E-state index in [0.717, 1.165) is 25.7 Å². The lowest BCUT2D eigenvalue weighted by molar-refractivity contribution is -0.123. The summed E-state index contributed by atoms with van der Waals surface area (Å²) in [6, 6.07) is -0.566. The molecule has 0 aromatic carbocycles. The maximum atomic E-state index is 12.1. The Labute approximate surface area is 128 Å². The molecule has 0 spiro atoms. The Morgan fingerprint density at radius 2 is 1.86 bits per heavy atom. The topological polar surface area (TPSA) is 93.5 Å². The average Bonchev–Trinajstić information content (AvgIpc) is 2.35. The highest BCUT2D eigenvalue weighted by molar-refractivity contribution is 5.85. The van der Waals surface area contributed by atoms with Crippen molar-refractivity contribution in [2.24, 2.45) is 5.73 Å². The molecule has 0 saturated heterocycles. The molecule has 0 heterocycles. The maximum Gasteiger partial charge on any atom is 0.408 e. The van der Waals surface area contributed by atoms with Gasteiger partial charge in [-0.2, -0.15) is 0 Å². The Bertz CT molecular complexity index is 314. The second-order valence-electron chi connectivity index (χ2n) is 6.13. The van der Waals surface area contributed by atoms with Crippen LogP contribution in [-0.2, 0) is 9.53 Å². The normalized spacial score (nSPS) is 12.6. The zero-order valence-corrected chi connectivity index (χ0v) is 13.8. The molecule has 21 heavy (non-hydrogen) atoms. The molecule has 6 nitrogen and oxygen atoms in total. The van der Waals surface area contributed by atoms with E-state index in [2.05, 4.69) is 17.6 Å². The van der Waals surface area contributed by atoms with Gasteiger partial charge >= 0.3 is 6.09 Å². The minimum Gasteiger partial charge on any atom is -0.444 e. The minimum atomic E-state index is -0.579. The molecule has 4 N–H and O–H groups in total. The van der Waals surface area contributed by atoms with Crippen molar-refractivity contribution in [3.05, 3.63) is 0 Å². The van der Waals surface area contributed by atoms with Gasteiger partial charge in [0.1, 0.15) is 11.6 Å². The number of nitrogens with one attached hydrogen (secondary N) is 2. The lowest BCUT2D eigenvalue weighted by Crippen LogP contribution is -2.48. The first-order chi connectivity index (χ1) is 9.80. The van der Waals surface area contributed by atoms with Crippen LogP contribution >= 0.6 is 0 Å². The number of hydrogen-bond donors (Lipinski definition) is 3. The molecule has 0 aliphatic carbocycles. The highest BCUT2D eigenvalue weighted by Crippen LogP contribution is 2.08. The third-order valence-electron chi connectivity index (χ3n) is 2.78. The van der Waals surface area contributed by atoms with Crippen LogP contribution in [0.2, 0.25) is 0 Å². The highest BCUT2D eigenvalue weighted by atomic mass is 16.6. The molecule has 0 aliphatic rings. The number of unbranched alkanes of at least 4 members (excludes halogenated alkanes) is 2. The molecule has 0 radical (unpaired) electrons. The Hall–Kier alpha value is -1.30. The zero-order valence-electron chi connectivity index (χ0n) is 13.8. The largest absolute Gasteiger partial charge is 0.444 e. The number of alkyl carbamates (subject to hydrolysis) is 1. The van der Waals surface area contributed by atoms with E-state index in [1.807, 2.05) is 0 Å². The van der Waals surface area contributed by atoms with Gasteiger partial charge in [0, 0.05) is 6.54 Å². The predicted octanol–water partition coefficient (Wildman–Crippen LogP) is 1.92. The third-order valence-corrected chi connectivity index (χ3v) is 2.78. The quantitative estimate of drug-likeness (QED) is 0.567. The van der Waals surface area contributed by atoms with Crippen molar-refractivity contribution >= 4 is 12.0 Å². The molecule has 1 atom stereocenters. The van der Waals surface area contributed by atoms with E-state index in [0.29, 0.717) is 19.5 Å². The second-order valence-corrected chi connectivity index (χ2v) is 6.13. The second kappa shape index (κ2) is 10.4. The van der Waals surface area contributed by atoms with Crippen LogP contribution in [0.4, 0.5) is 4.79 Å². The predicted molar refractivity (Wildman–Crippen MR) is 84.0 cm³/mol. The van der Waals surface area contributed by atoms with E-state index in [1.165, 1.54) is 0 Å². The first-order valence-corrected chi connectivity index (χ1v) is 7.77. The molecule has 0 saturated carbocycles. The van der Waals surface area contributed by atoms with Crippen molar-refractivity contribution in [3.63, 3.8) is 0 Å². The van der Waals surface area contributed by atoms with Gasteiger partial charge < -0.3 is 21.1 Å². The highest BCUT2D eigenvalue weighted by Gasteiger charge is 2.23. The Morgan fingerprint density at radius 3 is 2.38 bits per heavy atom.